The summed E-state index contributed by atoms with van der Waals surface area (Å²) in [5.41, 5.74) is -0.744. The molecule has 1 aromatic carbocycles. The van der Waals surface area contributed by atoms with E-state index in [9.17, 15) is 14.7 Å². The van der Waals surface area contributed by atoms with E-state index in [2.05, 4.69) is 11.8 Å². The van der Waals surface area contributed by atoms with E-state index in [1.165, 1.54) is 12.1 Å². The van der Waals surface area contributed by atoms with Crippen molar-refractivity contribution in [3.8, 4) is 17.6 Å². The van der Waals surface area contributed by atoms with Crippen molar-refractivity contribution in [2.24, 2.45) is 10.8 Å². The highest BCUT2D eigenvalue weighted by Crippen LogP contribution is 2.29. The number of aromatic hydroxyl groups is 1. The van der Waals surface area contributed by atoms with Crippen LogP contribution in [0.25, 0.3) is 0 Å². The van der Waals surface area contributed by atoms with E-state index >= 15 is 0 Å². The van der Waals surface area contributed by atoms with Crippen LogP contribution >= 0.6 is 0 Å². The number of hydrogen-bond donors (Lipinski definition) is 1. The summed E-state index contributed by atoms with van der Waals surface area (Å²) in [6, 6.07) is 6.28. The van der Waals surface area contributed by atoms with Crippen LogP contribution in [0.2, 0.25) is 0 Å². The largest absolute Gasteiger partial charge is 0.508 e. The molecule has 0 amide bonds. The Morgan fingerprint density at radius 3 is 2.36 bits per heavy atom. The second kappa shape index (κ2) is 6.65. The molecule has 118 valence electrons. The average molecular weight is 302 g/mol. The number of Topliss-reactive ketones (excluding diaryl/α,β-unsaturated/α-hetero) is 1. The van der Waals surface area contributed by atoms with E-state index in [-0.39, 0.29) is 18.1 Å². The van der Waals surface area contributed by atoms with Gasteiger partial charge in [-0.3, -0.25) is 4.79 Å². The fourth-order valence-corrected chi connectivity index (χ4v) is 2.07. The lowest BCUT2D eigenvalue weighted by molar-refractivity contribution is -0.146. The smallest absolute Gasteiger partial charge is 0.384 e. The van der Waals surface area contributed by atoms with Crippen LogP contribution in [0.4, 0.5) is 0 Å². The summed E-state index contributed by atoms with van der Waals surface area (Å²) >= 11 is 0. The van der Waals surface area contributed by atoms with Crippen LogP contribution in [0.1, 0.15) is 40.2 Å². The summed E-state index contributed by atoms with van der Waals surface area (Å²) in [7, 11) is 0. The zero-order valence-corrected chi connectivity index (χ0v) is 13.7. The van der Waals surface area contributed by atoms with Crippen LogP contribution in [-0.4, -0.2) is 23.5 Å². The molecule has 4 heteroatoms. The third-order valence-corrected chi connectivity index (χ3v) is 3.02. The third kappa shape index (κ3) is 5.25. The first kappa shape index (κ1) is 17.8. The van der Waals surface area contributed by atoms with Crippen LogP contribution in [0.15, 0.2) is 24.3 Å². The normalized spacial score (nSPS) is 11.3. The molecular weight excluding hydrogens is 280 g/mol. The van der Waals surface area contributed by atoms with E-state index in [0.717, 1.165) is 0 Å². The Morgan fingerprint density at radius 1 is 1.18 bits per heavy atom. The van der Waals surface area contributed by atoms with Crippen molar-refractivity contribution < 1.29 is 19.4 Å². The summed E-state index contributed by atoms with van der Waals surface area (Å²) in [6.45, 7) is 8.98. The quantitative estimate of drug-likeness (QED) is 0.689. The molecule has 0 radical (unpaired) electrons. The Kier molecular flexibility index (Phi) is 5.38. The van der Waals surface area contributed by atoms with E-state index in [1.54, 1.807) is 26.0 Å². The number of ether oxygens (including phenoxy) is 1. The molecule has 0 aliphatic heterocycles. The maximum atomic E-state index is 12.3. The van der Waals surface area contributed by atoms with Gasteiger partial charge in [0.25, 0.3) is 0 Å². The van der Waals surface area contributed by atoms with Gasteiger partial charge in [0.2, 0.25) is 0 Å². The SMILES string of the molecule is CC(C)(C)C(=O)C(C)(C)COC(=O)C#Cc1cccc(O)c1. The molecule has 0 unspecified atom stereocenters. The molecule has 0 atom stereocenters. The predicted molar refractivity (Wildman–Crippen MR) is 84.2 cm³/mol. The highest BCUT2D eigenvalue weighted by Gasteiger charge is 2.36. The lowest BCUT2D eigenvalue weighted by Gasteiger charge is -2.29. The van der Waals surface area contributed by atoms with Gasteiger partial charge in [0.15, 0.2) is 0 Å². The molecule has 0 spiro atoms. The van der Waals surface area contributed by atoms with Gasteiger partial charge in [0.1, 0.15) is 18.1 Å². The second-order valence-corrected chi connectivity index (χ2v) is 6.84. The Hall–Kier alpha value is -2.28. The van der Waals surface area contributed by atoms with Gasteiger partial charge in [0, 0.05) is 16.9 Å². The number of carbonyl (C=O) groups excluding carboxylic acids is 2. The lowest BCUT2D eigenvalue weighted by Crippen LogP contribution is -2.38. The fraction of sp³-hybridized carbons (Fsp3) is 0.444. The van der Waals surface area contributed by atoms with Crippen molar-refractivity contribution in [3.63, 3.8) is 0 Å². The monoisotopic (exact) mass is 302 g/mol. The zero-order valence-electron chi connectivity index (χ0n) is 13.7. The van der Waals surface area contributed by atoms with Gasteiger partial charge >= 0.3 is 5.97 Å². The van der Waals surface area contributed by atoms with E-state index < -0.39 is 16.8 Å². The van der Waals surface area contributed by atoms with Gasteiger partial charge in [-0.1, -0.05) is 32.8 Å². The number of rotatable bonds is 3. The maximum absolute atomic E-state index is 12.3. The second-order valence-electron chi connectivity index (χ2n) is 6.84. The first-order chi connectivity index (χ1) is 10.0. The molecule has 0 saturated carbocycles. The minimum Gasteiger partial charge on any atom is -0.508 e. The minimum atomic E-state index is -0.763. The standard InChI is InChI=1S/C18H22O4/c1-17(2,3)16(21)18(4,5)12-22-15(20)10-9-13-7-6-8-14(19)11-13/h6-8,11,19H,12H2,1-5H3. The number of phenols is 1. The molecule has 1 aromatic rings. The van der Waals surface area contributed by atoms with Gasteiger partial charge in [-0.25, -0.2) is 4.79 Å². The molecule has 1 rings (SSSR count). The third-order valence-electron chi connectivity index (χ3n) is 3.02. The first-order valence-corrected chi connectivity index (χ1v) is 7.05. The molecule has 0 saturated heterocycles. The highest BCUT2D eigenvalue weighted by atomic mass is 16.5. The molecular formula is C18H22O4. The molecule has 0 aromatic heterocycles. The molecule has 0 fully saturated rings. The fourth-order valence-electron chi connectivity index (χ4n) is 2.07. The molecule has 0 bridgehead atoms. The van der Waals surface area contributed by atoms with Crippen LogP contribution in [0.5, 0.6) is 5.75 Å². The lowest BCUT2D eigenvalue weighted by atomic mass is 9.75. The Bertz CT molecular complexity index is 624. The van der Waals surface area contributed by atoms with Crippen molar-refractivity contribution in [2.45, 2.75) is 34.6 Å². The highest BCUT2D eigenvalue weighted by molar-refractivity contribution is 5.91. The van der Waals surface area contributed by atoms with E-state index in [1.807, 2.05) is 20.8 Å². The Balaban J connectivity index is 2.66. The number of phenolic OH excluding ortho intramolecular Hbond substituents is 1. The van der Waals surface area contributed by atoms with E-state index in [0.29, 0.717) is 5.56 Å². The molecule has 4 nitrogen and oxygen atoms in total. The number of ketones is 1. The minimum absolute atomic E-state index is 0.0172. The van der Waals surface area contributed by atoms with Crippen molar-refractivity contribution in [2.75, 3.05) is 6.61 Å². The summed E-state index contributed by atoms with van der Waals surface area (Å²) in [6.07, 6.45) is 0. The maximum Gasteiger partial charge on any atom is 0.384 e. The van der Waals surface area contributed by atoms with Crippen LogP contribution in [0, 0.1) is 22.7 Å². The molecule has 22 heavy (non-hydrogen) atoms. The Labute approximate surface area is 131 Å². The number of carbonyl (C=O) groups is 2. The van der Waals surface area contributed by atoms with Gasteiger partial charge < -0.3 is 9.84 Å². The summed E-state index contributed by atoms with van der Waals surface area (Å²) in [5, 5.41) is 9.30. The average Bonchev–Trinajstić information content (AvgIpc) is 2.41. The summed E-state index contributed by atoms with van der Waals surface area (Å²) < 4.78 is 5.08. The number of esters is 1. The first-order valence-electron chi connectivity index (χ1n) is 7.05. The van der Waals surface area contributed by atoms with Crippen molar-refractivity contribution in [1.82, 2.24) is 0 Å². The molecule has 0 aliphatic carbocycles. The molecule has 0 aliphatic rings. The van der Waals surface area contributed by atoms with E-state index in [4.69, 9.17) is 4.74 Å². The van der Waals surface area contributed by atoms with Crippen LogP contribution in [-0.2, 0) is 14.3 Å². The number of hydrogen-bond acceptors (Lipinski definition) is 4. The van der Waals surface area contributed by atoms with Gasteiger partial charge in [-0.2, -0.15) is 0 Å². The van der Waals surface area contributed by atoms with Crippen molar-refractivity contribution >= 4 is 11.8 Å². The summed E-state index contributed by atoms with van der Waals surface area (Å²) in [4.78, 5) is 23.9. The van der Waals surface area contributed by atoms with Crippen LogP contribution in [0.3, 0.4) is 0 Å². The predicted octanol–water partition coefficient (Wildman–Crippen LogP) is 2.93. The summed E-state index contributed by atoms with van der Waals surface area (Å²) in [5.74, 6) is 4.36. The molecule has 1 N–H and O–H groups in total. The van der Waals surface area contributed by atoms with Crippen LogP contribution < -0.4 is 0 Å². The number of benzene rings is 1. The zero-order chi connectivity index (χ0) is 17.0. The van der Waals surface area contributed by atoms with Gasteiger partial charge in [-0.15, -0.1) is 0 Å². The topological polar surface area (TPSA) is 63.6 Å². The van der Waals surface area contributed by atoms with Crippen molar-refractivity contribution in [3.05, 3.63) is 29.8 Å². The van der Waals surface area contributed by atoms with Gasteiger partial charge in [0.05, 0.1) is 5.41 Å². The Morgan fingerprint density at radius 2 is 1.82 bits per heavy atom. The molecule has 0 heterocycles. The van der Waals surface area contributed by atoms with Crippen molar-refractivity contribution in [1.29, 1.82) is 0 Å². The van der Waals surface area contributed by atoms with Gasteiger partial charge in [-0.05, 0) is 32.0 Å².